The molecule has 2 aliphatic heterocycles. The van der Waals surface area contributed by atoms with Crippen LogP contribution in [0, 0.1) is 25.7 Å². The summed E-state index contributed by atoms with van der Waals surface area (Å²) in [6.45, 7) is 7.85. The summed E-state index contributed by atoms with van der Waals surface area (Å²) in [7, 11) is 0. The summed E-state index contributed by atoms with van der Waals surface area (Å²) in [5.41, 5.74) is 3.83. The van der Waals surface area contributed by atoms with Gasteiger partial charge in [0.2, 0.25) is 0 Å². The van der Waals surface area contributed by atoms with Crippen molar-refractivity contribution in [1.82, 2.24) is 20.0 Å². The lowest BCUT2D eigenvalue weighted by Gasteiger charge is -2.17. The molecule has 0 aliphatic carbocycles. The molecule has 2 saturated heterocycles. The number of hydrogen-bond donors (Lipinski definition) is 1. The quantitative estimate of drug-likeness (QED) is 0.907. The number of nitrogens with zero attached hydrogens (tertiary/aromatic N) is 3. The topological polar surface area (TPSA) is 50.2 Å². The highest BCUT2D eigenvalue weighted by Crippen LogP contribution is 2.28. The Morgan fingerprint density at radius 3 is 2.50 bits per heavy atom. The first-order valence-electron chi connectivity index (χ1n) is 8.26. The van der Waals surface area contributed by atoms with E-state index in [1.165, 1.54) is 0 Å². The highest BCUT2D eigenvalue weighted by Gasteiger charge is 2.38. The Morgan fingerprint density at radius 1 is 1.17 bits per heavy atom. The van der Waals surface area contributed by atoms with Crippen molar-refractivity contribution in [2.45, 2.75) is 13.8 Å². The SMILES string of the molecule is Cc1ccccc1-n1ncc(C(=O)N2C[C@H]3CNC[C@H]3C2)c1C.Cl. The largest absolute Gasteiger partial charge is 0.338 e. The Balaban J connectivity index is 0.00000169. The molecule has 0 saturated carbocycles. The number of amides is 1. The predicted octanol–water partition coefficient (Wildman–Crippen LogP) is 2.20. The minimum atomic E-state index is 0. The maximum Gasteiger partial charge on any atom is 0.257 e. The first-order valence-corrected chi connectivity index (χ1v) is 8.26. The first-order chi connectivity index (χ1) is 11.1. The van der Waals surface area contributed by atoms with Gasteiger partial charge in [0, 0.05) is 26.2 Å². The van der Waals surface area contributed by atoms with E-state index in [0.717, 1.165) is 48.7 Å². The van der Waals surface area contributed by atoms with E-state index >= 15 is 0 Å². The van der Waals surface area contributed by atoms with Crippen molar-refractivity contribution >= 4 is 18.3 Å². The molecule has 2 aliphatic rings. The molecule has 0 bridgehead atoms. The zero-order chi connectivity index (χ0) is 16.0. The average Bonchev–Trinajstić information content (AvgIpc) is 3.21. The summed E-state index contributed by atoms with van der Waals surface area (Å²) in [5, 5.41) is 7.88. The molecule has 1 aromatic heterocycles. The Kier molecular flexibility index (Phi) is 4.65. The lowest BCUT2D eigenvalue weighted by Crippen LogP contribution is -2.32. The fourth-order valence-corrected chi connectivity index (χ4v) is 3.86. The van der Waals surface area contributed by atoms with Crippen LogP contribution in [0.1, 0.15) is 21.6 Å². The van der Waals surface area contributed by atoms with E-state index in [0.29, 0.717) is 11.8 Å². The monoisotopic (exact) mass is 346 g/mol. The number of carbonyl (C=O) groups excluding carboxylic acids is 1. The number of carbonyl (C=O) groups is 1. The molecule has 24 heavy (non-hydrogen) atoms. The van der Waals surface area contributed by atoms with Crippen molar-refractivity contribution in [2.75, 3.05) is 26.2 Å². The number of likely N-dealkylation sites (tertiary alicyclic amines) is 1. The van der Waals surface area contributed by atoms with Crippen LogP contribution in [0.15, 0.2) is 30.5 Å². The van der Waals surface area contributed by atoms with Crippen LogP contribution in [0.5, 0.6) is 0 Å². The average molecular weight is 347 g/mol. The molecule has 2 fully saturated rings. The predicted molar refractivity (Wildman–Crippen MR) is 96.0 cm³/mol. The summed E-state index contributed by atoms with van der Waals surface area (Å²) in [4.78, 5) is 14.9. The summed E-state index contributed by atoms with van der Waals surface area (Å²) >= 11 is 0. The zero-order valence-electron chi connectivity index (χ0n) is 14.0. The number of halogens is 1. The smallest absolute Gasteiger partial charge is 0.257 e. The minimum absolute atomic E-state index is 0. The van der Waals surface area contributed by atoms with Crippen molar-refractivity contribution < 1.29 is 4.79 Å². The van der Waals surface area contributed by atoms with Gasteiger partial charge in [-0.3, -0.25) is 4.79 Å². The van der Waals surface area contributed by atoms with Crippen molar-refractivity contribution in [2.24, 2.45) is 11.8 Å². The standard InChI is InChI=1S/C18H22N4O.ClH/c1-12-5-3-4-6-17(12)22-13(2)16(9-20-22)18(23)21-10-14-7-19-8-15(14)11-21;/h3-6,9,14-15,19H,7-8,10-11H2,1-2H3;1H/t14-,15+;. The van der Waals surface area contributed by atoms with Crippen molar-refractivity contribution in [3.8, 4) is 5.69 Å². The van der Waals surface area contributed by atoms with Crippen LogP contribution in [-0.4, -0.2) is 46.8 Å². The second-order valence-corrected chi connectivity index (χ2v) is 6.73. The zero-order valence-corrected chi connectivity index (χ0v) is 14.8. The van der Waals surface area contributed by atoms with Crippen LogP contribution in [0.2, 0.25) is 0 Å². The van der Waals surface area contributed by atoms with Gasteiger partial charge in [-0.25, -0.2) is 4.68 Å². The number of para-hydroxylation sites is 1. The van der Waals surface area contributed by atoms with Crippen LogP contribution in [-0.2, 0) is 0 Å². The van der Waals surface area contributed by atoms with Gasteiger partial charge in [0.05, 0.1) is 23.1 Å². The van der Waals surface area contributed by atoms with E-state index < -0.39 is 0 Å². The van der Waals surface area contributed by atoms with Crippen molar-refractivity contribution in [3.63, 3.8) is 0 Å². The normalized spacial score (nSPS) is 22.3. The summed E-state index contributed by atoms with van der Waals surface area (Å²) in [5.74, 6) is 1.35. The number of aromatic nitrogens is 2. The third kappa shape index (κ3) is 2.72. The van der Waals surface area contributed by atoms with Crippen LogP contribution < -0.4 is 5.32 Å². The Labute approximate surface area is 148 Å². The van der Waals surface area contributed by atoms with E-state index in [1.54, 1.807) is 6.20 Å². The highest BCUT2D eigenvalue weighted by atomic mass is 35.5. The second-order valence-electron chi connectivity index (χ2n) is 6.73. The molecule has 128 valence electrons. The molecule has 1 aromatic carbocycles. The van der Waals surface area contributed by atoms with Gasteiger partial charge in [-0.1, -0.05) is 18.2 Å². The number of aryl methyl sites for hydroxylation is 1. The number of fused-ring (bicyclic) bond motifs is 1. The first kappa shape index (κ1) is 17.0. The molecule has 2 aromatic rings. The summed E-state index contributed by atoms with van der Waals surface area (Å²) < 4.78 is 1.88. The van der Waals surface area contributed by atoms with Crippen molar-refractivity contribution in [1.29, 1.82) is 0 Å². The molecule has 2 atom stereocenters. The molecule has 1 amide bonds. The highest BCUT2D eigenvalue weighted by molar-refractivity contribution is 5.95. The number of nitrogens with one attached hydrogen (secondary N) is 1. The molecular weight excluding hydrogens is 324 g/mol. The Bertz CT molecular complexity index is 745. The molecule has 0 spiro atoms. The number of hydrogen-bond acceptors (Lipinski definition) is 3. The summed E-state index contributed by atoms with van der Waals surface area (Å²) in [6, 6.07) is 8.11. The van der Waals surface area contributed by atoms with Gasteiger partial charge in [0.1, 0.15) is 0 Å². The van der Waals surface area contributed by atoms with Crippen LogP contribution in [0.25, 0.3) is 5.69 Å². The van der Waals surface area contributed by atoms with Gasteiger partial charge in [0.15, 0.2) is 0 Å². The molecule has 6 heteroatoms. The summed E-state index contributed by atoms with van der Waals surface area (Å²) in [6.07, 6.45) is 1.72. The van der Waals surface area contributed by atoms with E-state index in [1.807, 2.05) is 34.7 Å². The number of benzene rings is 1. The molecule has 3 heterocycles. The lowest BCUT2D eigenvalue weighted by atomic mass is 10.0. The maximum absolute atomic E-state index is 12.9. The van der Waals surface area contributed by atoms with Gasteiger partial charge in [-0.15, -0.1) is 12.4 Å². The minimum Gasteiger partial charge on any atom is -0.338 e. The lowest BCUT2D eigenvalue weighted by molar-refractivity contribution is 0.0781. The molecule has 1 N–H and O–H groups in total. The second kappa shape index (κ2) is 6.57. The van der Waals surface area contributed by atoms with Gasteiger partial charge in [-0.05, 0) is 37.3 Å². The van der Waals surface area contributed by atoms with E-state index in [-0.39, 0.29) is 18.3 Å². The Morgan fingerprint density at radius 2 is 1.83 bits per heavy atom. The van der Waals surface area contributed by atoms with Crippen LogP contribution in [0.3, 0.4) is 0 Å². The third-order valence-corrected chi connectivity index (χ3v) is 5.26. The van der Waals surface area contributed by atoms with Gasteiger partial charge in [-0.2, -0.15) is 5.10 Å². The third-order valence-electron chi connectivity index (χ3n) is 5.26. The Hall–Kier alpha value is -1.85. The molecule has 5 nitrogen and oxygen atoms in total. The van der Waals surface area contributed by atoms with E-state index in [2.05, 4.69) is 23.4 Å². The van der Waals surface area contributed by atoms with Crippen molar-refractivity contribution in [3.05, 3.63) is 47.3 Å². The van der Waals surface area contributed by atoms with Gasteiger partial charge in [0.25, 0.3) is 5.91 Å². The fourth-order valence-electron chi connectivity index (χ4n) is 3.86. The maximum atomic E-state index is 12.9. The van der Waals surface area contributed by atoms with Crippen LogP contribution >= 0.6 is 12.4 Å². The van der Waals surface area contributed by atoms with Gasteiger partial charge >= 0.3 is 0 Å². The fraction of sp³-hybridized carbons (Fsp3) is 0.444. The molecular formula is C18H23ClN4O. The van der Waals surface area contributed by atoms with E-state index in [9.17, 15) is 4.79 Å². The molecule has 0 radical (unpaired) electrons. The molecule has 4 rings (SSSR count). The van der Waals surface area contributed by atoms with E-state index in [4.69, 9.17) is 0 Å². The van der Waals surface area contributed by atoms with Crippen LogP contribution in [0.4, 0.5) is 0 Å². The molecule has 0 unspecified atom stereocenters. The van der Waals surface area contributed by atoms with Gasteiger partial charge < -0.3 is 10.2 Å². The number of rotatable bonds is 2.